The van der Waals surface area contributed by atoms with Crippen molar-refractivity contribution in [1.29, 1.82) is 0 Å². The Kier molecular flexibility index (Phi) is 3.40. The summed E-state index contributed by atoms with van der Waals surface area (Å²) < 4.78 is 30.4. The van der Waals surface area contributed by atoms with Gasteiger partial charge in [0.15, 0.2) is 9.84 Å². The third-order valence-corrected chi connectivity index (χ3v) is 6.72. The molecule has 0 spiro atoms. The average molecular weight is 295 g/mol. The van der Waals surface area contributed by atoms with Crippen LogP contribution in [-0.2, 0) is 9.84 Å². The summed E-state index contributed by atoms with van der Waals surface area (Å²) in [7, 11) is -1.83. The van der Waals surface area contributed by atoms with Gasteiger partial charge in [-0.25, -0.2) is 8.42 Å². The molecule has 3 unspecified atom stereocenters. The SMILES string of the molecule is COc1cc(N)ccc1S(=O)(=O)CC1CC2CCC1C2. The van der Waals surface area contributed by atoms with E-state index in [1.807, 2.05) is 0 Å². The van der Waals surface area contributed by atoms with Crippen molar-refractivity contribution >= 4 is 15.5 Å². The molecular weight excluding hydrogens is 274 g/mol. The van der Waals surface area contributed by atoms with Crippen molar-refractivity contribution in [3.63, 3.8) is 0 Å². The summed E-state index contributed by atoms with van der Waals surface area (Å²) in [6.07, 6.45) is 4.77. The zero-order valence-corrected chi connectivity index (χ0v) is 12.5. The van der Waals surface area contributed by atoms with Gasteiger partial charge in [-0.05, 0) is 49.1 Å². The van der Waals surface area contributed by atoms with Gasteiger partial charge in [0, 0.05) is 11.8 Å². The lowest BCUT2D eigenvalue weighted by Crippen LogP contribution is -2.21. The molecule has 0 radical (unpaired) electrons. The molecular formula is C15H21NO3S. The Morgan fingerprint density at radius 3 is 2.70 bits per heavy atom. The van der Waals surface area contributed by atoms with Gasteiger partial charge in [-0.15, -0.1) is 0 Å². The third-order valence-electron chi connectivity index (χ3n) is 4.84. The number of ether oxygens (including phenoxy) is 1. The molecule has 3 rings (SSSR count). The molecule has 0 aliphatic heterocycles. The lowest BCUT2D eigenvalue weighted by Gasteiger charge is -2.21. The van der Waals surface area contributed by atoms with E-state index < -0.39 is 9.84 Å². The van der Waals surface area contributed by atoms with E-state index in [1.54, 1.807) is 18.2 Å². The maximum Gasteiger partial charge on any atom is 0.182 e. The van der Waals surface area contributed by atoms with Crippen LogP contribution in [0, 0.1) is 17.8 Å². The van der Waals surface area contributed by atoms with Crippen LogP contribution in [0.1, 0.15) is 25.7 Å². The summed E-state index contributed by atoms with van der Waals surface area (Å²) in [5.41, 5.74) is 6.20. The first-order valence-corrected chi connectivity index (χ1v) is 8.81. The van der Waals surface area contributed by atoms with E-state index in [1.165, 1.54) is 26.4 Å². The first-order valence-electron chi connectivity index (χ1n) is 7.16. The summed E-state index contributed by atoms with van der Waals surface area (Å²) in [5, 5.41) is 0. The van der Waals surface area contributed by atoms with Crippen LogP contribution in [0.5, 0.6) is 5.75 Å². The summed E-state index contributed by atoms with van der Waals surface area (Å²) >= 11 is 0. The van der Waals surface area contributed by atoms with Gasteiger partial charge < -0.3 is 10.5 Å². The predicted molar refractivity (Wildman–Crippen MR) is 78.4 cm³/mol. The third kappa shape index (κ3) is 2.39. The molecule has 2 N–H and O–H groups in total. The average Bonchev–Trinajstić information content (AvgIpc) is 2.99. The standard InChI is InChI=1S/C15H21NO3S/c1-19-14-8-13(16)4-5-15(14)20(17,18)9-12-7-10-2-3-11(12)6-10/h4-5,8,10-12H,2-3,6-7,9,16H2,1H3. The normalized spacial score (nSPS) is 28.8. The lowest BCUT2D eigenvalue weighted by atomic mass is 9.90. The number of benzene rings is 1. The summed E-state index contributed by atoms with van der Waals surface area (Å²) in [6.45, 7) is 0. The molecule has 110 valence electrons. The highest BCUT2D eigenvalue weighted by molar-refractivity contribution is 7.91. The van der Waals surface area contributed by atoms with Gasteiger partial charge in [-0.3, -0.25) is 0 Å². The molecule has 1 aromatic rings. The molecule has 20 heavy (non-hydrogen) atoms. The van der Waals surface area contributed by atoms with E-state index in [9.17, 15) is 8.42 Å². The minimum Gasteiger partial charge on any atom is -0.495 e. The Labute approximate surface area is 120 Å². The number of nitrogen functional groups attached to an aromatic ring is 1. The molecule has 0 amide bonds. The van der Waals surface area contributed by atoms with Gasteiger partial charge in [-0.1, -0.05) is 6.42 Å². The highest BCUT2D eigenvalue weighted by Crippen LogP contribution is 2.49. The Morgan fingerprint density at radius 1 is 1.30 bits per heavy atom. The van der Waals surface area contributed by atoms with Gasteiger partial charge in [-0.2, -0.15) is 0 Å². The zero-order valence-electron chi connectivity index (χ0n) is 11.7. The van der Waals surface area contributed by atoms with Gasteiger partial charge in [0.2, 0.25) is 0 Å². The van der Waals surface area contributed by atoms with Crippen LogP contribution in [0.4, 0.5) is 5.69 Å². The molecule has 0 aromatic heterocycles. The van der Waals surface area contributed by atoms with Crippen LogP contribution >= 0.6 is 0 Å². The second kappa shape index (κ2) is 4.95. The van der Waals surface area contributed by atoms with Crippen molar-refractivity contribution in [2.24, 2.45) is 17.8 Å². The minimum atomic E-state index is -3.31. The summed E-state index contributed by atoms with van der Waals surface area (Å²) in [5.74, 6) is 2.28. The molecule has 0 heterocycles. The van der Waals surface area contributed by atoms with Crippen LogP contribution in [-0.4, -0.2) is 21.3 Å². The number of nitrogens with two attached hydrogens (primary N) is 1. The molecule has 4 nitrogen and oxygen atoms in total. The number of rotatable bonds is 4. The van der Waals surface area contributed by atoms with Crippen LogP contribution in [0.3, 0.4) is 0 Å². The fourth-order valence-electron chi connectivity index (χ4n) is 3.89. The Bertz CT molecular complexity index is 612. The second-order valence-electron chi connectivity index (χ2n) is 6.13. The van der Waals surface area contributed by atoms with Crippen molar-refractivity contribution in [1.82, 2.24) is 0 Å². The molecule has 2 aliphatic carbocycles. The van der Waals surface area contributed by atoms with E-state index >= 15 is 0 Å². The van der Waals surface area contributed by atoms with E-state index in [0.717, 1.165) is 12.3 Å². The maximum atomic E-state index is 12.6. The van der Waals surface area contributed by atoms with Gasteiger partial charge in [0.05, 0.1) is 12.9 Å². The van der Waals surface area contributed by atoms with Crippen molar-refractivity contribution in [2.75, 3.05) is 18.6 Å². The highest BCUT2D eigenvalue weighted by atomic mass is 32.2. The Balaban J connectivity index is 1.85. The Morgan fingerprint density at radius 2 is 2.10 bits per heavy atom. The number of anilines is 1. The number of hydrogen-bond donors (Lipinski definition) is 1. The topological polar surface area (TPSA) is 69.4 Å². The van der Waals surface area contributed by atoms with E-state index in [4.69, 9.17) is 10.5 Å². The number of methoxy groups -OCH3 is 1. The first kappa shape index (κ1) is 13.7. The monoisotopic (exact) mass is 295 g/mol. The summed E-state index contributed by atoms with van der Waals surface area (Å²) in [4.78, 5) is 0.275. The van der Waals surface area contributed by atoms with Gasteiger partial charge >= 0.3 is 0 Å². The molecule has 2 bridgehead atoms. The maximum absolute atomic E-state index is 12.6. The van der Waals surface area contributed by atoms with Gasteiger partial charge in [0.25, 0.3) is 0 Å². The van der Waals surface area contributed by atoms with Crippen molar-refractivity contribution < 1.29 is 13.2 Å². The van der Waals surface area contributed by atoms with Crippen molar-refractivity contribution in [2.45, 2.75) is 30.6 Å². The molecule has 3 atom stereocenters. The number of sulfone groups is 1. The van der Waals surface area contributed by atoms with Crippen LogP contribution < -0.4 is 10.5 Å². The fourth-order valence-corrected chi connectivity index (χ4v) is 5.77. The zero-order chi connectivity index (χ0) is 14.3. The summed E-state index contributed by atoms with van der Waals surface area (Å²) in [6, 6.07) is 4.76. The fraction of sp³-hybridized carbons (Fsp3) is 0.600. The lowest BCUT2D eigenvalue weighted by molar-refractivity contribution is 0.359. The van der Waals surface area contributed by atoms with Crippen LogP contribution in [0.2, 0.25) is 0 Å². The van der Waals surface area contributed by atoms with E-state index in [-0.39, 0.29) is 10.6 Å². The van der Waals surface area contributed by atoms with Crippen LogP contribution in [0.25, 0.3) is 0 Å². The molecule has 1 aromatic carbocycles. The molecule has 2 aliphatic rings. The predicted octanol–water partition coefficient (Wildman–Crippen LogP) is 2.49. The largest absolute Gasteiger partial charge is 0.495 e. The smallest absolute Gasteiger partial charge is 0.182 e. The quantitative estimate of drug-likeness (QED) is 0.866. The molecule has 0 saturated heterocycles. The number of fused-ring (bicyclic) bond motifs is 2. The number of hydrogen-bond acceptors (Lipinski definition) is 4. The van der Waals surface area contributed by atoms with Gasteiger partial charge in [0.1, 0.15) is 10.6 Å². The first-order chi connectivity index (χ1) is 9.49. The van der Waals surface area contributed by atoms with Crippen LogP contribution in [0.15, 0.2) is 23.1 Å². The highest BCUT2D eigenvalue weighted by Gasteiger charge is 2.41. The van der Waals surface area contributed by atoms with Crippen molar-refractivity contribution in [3.05, 3.63) is 18.2 Å². The molecule has 2 saturated carbocycles. The second-order valence-corrected chi connectivity index (χ2v) is 8.13. The van der Waals surface area contributed by atoms with E-state index in [0.29, 0.717) is 23.3 Å². The molecule has 5 heteroatoms. The minimum absolute atomic E-state index is 0.244. The van der Waals surface area contributed by atoms with Crippen molar-refractivity contribution in [3.8, 4) is 5.75 Å². The Hall–Kier alpha value is -1.23. The van der Waals surface area contributed by atoms with E-state index in [2.05, 4.69) is 0 Å². The molecule has 2 fully saturated rings.